The molecule has 0 aromatic carbocycles. The van der Waals surface area contributed by atoms with Crippen molar-refractivity contribution >= 4 is 11.7 Å². The van der Waals surface area contributed by atoms with Crippen molar-refractivity contribution in [2.75, 3.05) is 44.2 Å². The Balaban J connectivity index is 1.15. The molecule has 2 saturated heterocycles. The molecular formula is C22H27N9O. The molecule has 166 valence electrons. The molecule has 0 saturated carbocycles. The number of hydrogen-bond acceptors (Lipinski definition) is 8. The van der Waals surface area contributed by atoms with Gasteiger partial charge in [-0.3, -0.25) is 14.7 Å². The topological polar surface area (TPSA) is 96.2 Å². The number of rotatable bonds is 5. The minimum Gasteiger partial charge on any atom is -0.354 e. The van der Waals surface area contributed by atoms with Crippen LogP contribution in [-0.4, -0.2) is 84.9 Å². The van der Waals surface area contributed by atoms with Gasteiger partial charge in [0.1, 0.15) is 12.7 Å². The number of carbonyl (C=O) groups excluding carboxylic acids is 1. The van der Waals surface area contributed by atoms with Gasteiger partial charge in [-0.05, 0) is 42.7 Å². The number of aromatic nitrogens is 6. The molecule has 10 heteroatoms. The Labute approximate surface area is 186 Å². The summed E-state index contributed by atoms with van der Waals surface area (Å²) in [5.74, 6) is 1.70. The van der Waals surface area contributed by atoms with Crippen molar-refractivity contribution in [3.05, 3.63) is 54.9 Å². The molecule has 5 rings (SSSR count). The van der Waals surface area contributed by atoms with E-state index in [0.717, 1.165) is 57.9 Å². The molecule has 2 aliphatic rings. The number of piperazine rings is 1. The highest BCUT2D eigenvalue weighted by Gasteiger charge is 2.31. The molecule has 2 aliphatic heterocycles. The maximum atomic E-state index is 13.2. The van der Waals surface area contributed by atoms with Crippen molar-refractivity contribution in [1.82, 2.24) is 39.7 Å². The van der Waals surface area contributed by atoms with Crippen LogP contribution in [0.2, 0.25) is 0 Å². The lowest BCUT2D eigenvalue weighted by Gasteiger charge is -2.39. The molecule has 1 atom stereocenters. The van der Waals surface area contributed by atoms with Crippen LogP contribution >= 0.6 is 0 Å². The molecule has 0 bridgehead atoms. The molecule has 0 radical (unpaired) electrons. The molecule has 1 unspecified atom stereocenters. The van der Waals surface area contributed by atoms with E-state index in [-0.39, 0.29) is 11.8 Å². The third-order valence-corrected chi connectivity index (χ3v) is 6.22. The maximum absolute atomic E-state index is 13.2. The van der Waals surface area contributed by atoms with Gasteiger partial charge in [-0.2, -0.15) is 5.10 Å². The van der Waals surface area contributed by atoms with E-state index in [0.29, 0.717) is 12.4 Å². The lowest BCUT2D eigenvalue weighted by atomic mass is 9.96. The summed E-state index contributed by atoms with van der Waals surface area (Å²) in [6.45, 7) is 5.86. The summed E-state index contributed by atoms with van der Waals surface area (Å²) in [6.07, 6.45) is 8.63. The summed E-state index contributed by atoms with van der Waals surface area (Å²) in [4.78, 5) is 27.8. The normalized spacial score (nSPS) is 19.8. The van der Waals surface area contributed by atoms with Gasteiger partial charge in [0.2, 0.25) is 5.91 Å². The summed E-state index contributed by atoms with van der Waals surface area (Å²) in [5.41, 5.74) is 1.26. The lowest BCUT2D eigenvalue weighted by molar-refractivity contribution is -0.137. The number of amides is 1. The Bertz CT molecular complexity index is 1000. The molecule has 1 amide bonds. The van der Waals surface area contributed by atoms with Crippen LogP contribution in [0.4, 0.5) is 5.82 Å². The molecule has 0 spiro atoms. The SMILES string of the molecule is O=C(C1CCCN(c2ccc(-n3cncn3)nn2)C1)N1CCN(Cc2ccncc2)CC1. The number of pyridine rings is 1. The Kier molecular flexibility index (Phi) is 6.02. The van der Waals surface area contributed by atoms with E-state index in [1.165, 1.54) is 11.9 Å². The van der Waals surface area contributed by atoms with Crippen molar-refractivity contribution in [2.45, 2.75) is 19.4 Å². The largest absolute Gasteiger partial charge is 0.354 e. The number of carbonyl (C=O) groups is 1. The molecule has 3 aromatic rings. The molecule has 10 nitrogen and oxygen atoms in total. The van der Waals surface area contributed by atoms with Crippen LogP contribution < -0.4 is 4.90 Å². The van der Waals surface area contributed by atoms with Crippen molar-refractivity contribution < 1.29 is 4.79 Å². The zero-order chi connectivity index (χ0) is 21.8. The van der Waals surface area contributed by atoms with Gasteiger partial charge in [0.25, 0.3) is 0 Å². The van der Waals surface area contributed by atoms with E-state index in [1.807, 2.05) is 29.4 Å². The van der Waals surface area contributed by atoms with E-state index in [2.05, 4.69) is 47.2 Å². The number of anilines is 1. The Morgan fingerprint density at radius 2 is 1.72 bits per heavy atom. The molecule has 32 heavy (non-hydrogen) atoms. The summed E-state index contributed by atoms with van der Waals surface area (Å²) in [6, 6.07) is 7.92. The average Bonchev–Trinajstić information content (AvgIpc) is 3.40. The molecule has 0 N–H and O–H groups in total. The molecule has 5 heterocycles. The highest BCUT2D eigenvalue weighted by Crippen LogP contribution is 2.24. The standard InChI is InChI=1S/C22H27N9O/c32-22(29-12-10-28(11-13-29)14-18-5-7-23-8-6-18)19-2-1-9-30(15-19)20-3-4-21(27-26-20)31-17-24-16-25-31/h3-8,16-17,19H,1-2,9-15H2. The Hall–Kier alpha value is -3.40. The Morgan fingerprint density at radius 3 is 2.44 bits per heavy atom. The fraction of sp³-hybridized carbons (Fsp3) is 0.455. The van der Waals surface area contributed by atoms with Crippen LogP contribution in [0.3, 0.4) is 0 Å². The number of nitrogens with zero attached hydrogens (tertiary/aromatic N) is 9. The van der Waals surface area contributed by atoms with Crippen molar-refractivity contribution in [3.8, 4) is 5.82 Å². The third-order valence-electron chi connectivity index (χ3n) is 6.22. The Morgan fingerprint density at radius 1 is 0.938 bits per heavy atom. The molecule has 3 aromatic heterocycles. The van der Waals surface area contributed by atoms with Crippen LogP contribution in [-0.2, 0) is 11.3 Å². The van der Waals surface area contributed by atoms with E-state index in [4.69, 9.17) is 0 Å². The fourth-order valence-corrected chi connectivity index (χ4v) is 4.45. The monoisotopic (exact) mass is 433 g/mol. The zero-order valence-corrected chi connectivity index (χ0v) is 18.0. The predicted octanol–water partition coefficient (Wildman–Crippen LogP) is 1.01. The van der Waals surface area contributed by atoms with E-state index in [1.54, 1.807) is 11.0 Å². The van der Waals surface area contributed by atoms with Crippen LogP contribution in [0, 0.1) is 5.92 Å². The first-order valence-electron chi connectivity index (χ1n) is 11.1. The smallest absolute Gasteiger partial charge is 0.227 e. The zero-order valence-electron chi connectivity index (χ0n) is 18.0. The van der Waals surface area contributed by atoms with Gasteiger partial charge in [0.05, 0.1) is 5.92 Å². The summed E-state index contributed by atoms with van der Waals surface area (Å²) in [7, 11) is 0. The maximum Gasteiger partial charge on any atom is 0.227 e. The first-order valence-corrected chi connectivity index (χ1v) is 11.1. The first-order chi connectivity index (χ1) is 15.8. The van der Waals surface area contributed by atoms with Crippen LogP contribution in [0.1, 0.15) is 18.4 Å². The molecule has 0 aliphatic carbocycles. The third kappa shape index (κ3) is 4.59. The van der Waals surface area contributed by atoms with Crippen molar-refractivity contribution in [3.63, 3.8) is 0 Å². The second-order valence-corrected chi connectivity index (χ2v) is 8.33. The van der Waals surface area contributed by atoms with Gasteiger partial charge in [-0.15, -0.1) is 10.2 Å². The minimum absolute atomic E-state index is 0.00675. The summed E-state index contributed by atoms with van der Waals surface area (Å²) >= 11 is 0. The van der Waals surface area contributed by atoms with Crippen LogP contribution in [0.15, 0.2) is 49.3 Å². The second-order valence-electron chi connectivity index (χ2n) is 8.33. The van der Waals surface area contributed by atoms with Crippen molar-refractivity contribution in [1.29, 1.82) is 0 Å². The minimum atomic E-state index is 0.00675. The lowest BCUT2D eigenvalue weighted by Crippen LogP contribution is -2.52. The van der Waals surface area contributed by atoms with Crippen molar-refractivity contribution in [2.24, 2.45) is 5.92 Å². The highest BCUT2D eigenvalue weighted by molar-refractivity contribution is 5.80. The van der Waals surface area contributed by atoms with Gasteiger partial charge in [-0.25, -0.2) is 9.67 Å². The number of piperidine rings is 1. The van der Waals surface area contributed by atoms with Gasteiger partial charge in [0.15, 0.2) is 11.6 Å². The second kappa shape index (κ2) is 9.39. The van der Waals surface area contributed by atoms with Gasteiger partial charge < -0.3 is 9.80 Å². The quantitative estimate of drug-likeness (QED) is 0.588. The summed E-state index contributed by atoms with van der Waals surface area (Å²) in [5, 5.41) is 12.7. The van der Waals surface area contributed by atoms with Crippen LogP contribution in [0.5, 0.6) is 0 Å². The first kappa shape index (κ1) is 20.5. The van der Waals surface area contributed by atoms with Gasteiger partial charge in [0, 0.05) is 58.2 Å². The van der Waals surface area contributed by atoms with Crippen LogP contribution in [0.25, 0.3) is 5.82 Å². The molecular weight excluding hydrogens is 406 g/mol. The van der Waals surface area contributed by atoms with E-state index >= 15 is 0 Å². The molecule has 2 fully saturated rings. The van der Waals surface area contributed by atoms with Gasteiger partial charge >= 0.3 is 0 Å². The highest BCUT2D eigenvalue weighted by atomic mass is 16.2. The summed E-state index contributed by atoms with van der Waals surface area (Å²) < 4.78 is 1.58. The fourth-order valence-electron chi connectivity index (χ4n) is 4.45. The average molecular weight is 434 g/mol. The number of hydrogen-bond donors (Lipinski definition) is 0. The van der Waals surface area contributed by atoms with Gasteiger partial charge in [-0.1, -0.05) is 0 Å². The van der Waals surface area contributed by atoms with E-state index in [9.17, 15) is 4.79 Å². The predicted molar refractivity (Wildman–Crippen MR) is 118 cm³/mol. The van der Waals surface area contributed by atoms with E-state index < -0.39 is 0 Å².